The summed E-state index contributed by atoms with van der Waals surface area (Å²) in [6.45, 7) is 5.95. The number of carboxylic acid groups (broad SMARTS) is 1. The van der Waals surface area contributed by atoms with Crippen LogP contribution in [0.25, 0.3) is 0 Å². The minimum atomic E-state index is -0.969. The molecule has 2 amide bonds. The minimum absolute atomic E-state index is 0.328. The predicted octanol–water partition coefficient (Wildman–Crippen LogP) is 2.01. The zero-order valence-corrected chi connectivity index (χ0v) is 12.0. The van der Waals surface area contributed by atoms with Gasteiger partial charge in [0.25, 0.3) is 0 Å². The molecule has 20 heavy (non-hydrogen) atoms. The SMILES string of the molecule is CC(C)(C)NC(=O)N1Cc2ccccc2CC1C(=O)O. The quantitative estimate of drug-likeness (QED) is 0.824. The second kappa shape index (κ2) is 5.15. The summed E-state index contributed by atoms with van der Waals surface area (Å²) in [5.41, 5.74) is 1.62. The zero-order valence-electron chi connectivity index (χ0n) is 12.0. The molecule has 0 radical (unpaired) electrons. The van der Waals surface area contributed by atoms with Crippen molar-refractivity contribution < 1.29 is 14.7 Å². The molecule has 1 atom stereocenters. The van der Waals surface area contributed by atoms with Gasteiger partial charge in [-0.05, 0) is 31.9 Å². The van der Waals surface area contributed by atoms with Crippen LogP contribution >= 0.6 is 0 Å². The Hall–Kier alpha value is -2.04. The first kappa shape index (κ1) is 14.4. The molecule has 0 saturated carbocycles. The summed E-state index contributed by atoms with van der Waals surface area (Å²) in [4.78, 5) is 25.1. The van der Waals surface area contributed by atoms with E-state index < -0.39 is 17.6 Å². The summed E-state index contributed by atoms with van der Waals surface area (Å²) < 4.78 is 0. The van der Waals surface area contributed by atoms with Gasteiger partial charge in [0.1, 0.15) is 6.04 Å². The Kier molecular flexibility index (Phi) is 3.70. The van der Waals surface area contributed by atoms with Gasteiger partial charge in [0.15, 0.2) is 0 Å². The lowest BCUT2D eigenvalue weighted by Crippen LogP contribution is -2.55. The average Bonchev–Trinajstić information content (AvgIpc) is 2.35. The summed E-state index contributed by atoms with van der Waals surface area (Å²) >= 11 is 0. The second-order valence-corrected chi connectivity index (χ2v) is 6.13. The van der Waals surface area contributed by atoms with Crippen LogP contribution in [0.5, 0.6) is 0 Å². The number of carbonyl (C=O) groups excluding carboxylic acids is 1. The van der Waals surface area contributed by atoms with E-state index in [1.807, 2.05) is 45.0 Å². The van der Waals surface area contributed by atoms with Gasteiger partial charge in [-0.3, -0.25) is 0 Å². The molecular weight excluding hydrogens is 256 g/mol. The molecule has 0 fully saturated rings. The molecule has 1 aromatic carbocycles. The molecule has 1 aliphatic heterocycles. The van der Waals surface area contributed by atoms with Crippen molar-refractivity contribution in [2.45, 2.75) is 45.3 Å². The van der Waals surface area contributed by atoms with E-state index in [2.05, 4.69) is 5.32 Å². The first-order chi connectivity index (χ1) is 9.28. The highest BCUT2D eigenvalue weighted by Crippen LogP contribution is 2.23. The van der Waals surface area contributed by atoms with Crippen molar-refractivity contribution in [2.75, 3.05) is 0 Å². The van der Waals surface area contributed by atoms with Gasteiger partial charge in [0.05, 0.1) is 0 Å². The third-order valence-electron chi connectivity index (χ3n) is 3.28. The Morgan fingerprint density at radius 1 is 1.25 bits per heavy atom. The van der Waals surface area contributed by atoms with Gasteiger partial charge in [-0.25, -0.2) is 9.59 Å². The molecule has 0 aliphatic carbocycles. The molecule has 2 rings (SSSR count). The first-order valence-electron chi connectivity index (χ1n) is 6.66. The van der Waals surface area contributed by atoms with Crippen LogP contribution < -0.4 is 5.32 Å². The summed E-state index contributed by atoms with van der Waals surface area (Å²) in [6.07, 6.45) is 0.350. The molecule has 5 heteroatoms. The Balaban J connectivity index is 2.27. The number of urea groups is 1. The minimum Gasteiger partial charge on any atom is -0.480 e. The highest BCUT2D eigenvalue weighted by molar-refractivity contribution is 5.84. The largest absolute Gasteiger partial charge is 0.480 e. The first-order valence-corrected chi connectivity index (χ1v) is 6.66. The Labute approximate surface area is 118 Å². The molecule has 1 aliphatic rings. The van der Waals surface area contributed by atoms with E-state index in [1.54, 1.807) is 0 Å². The molecule has 0 aromatic heterocycles. The third kappa shape index (κ3) is 3.10. The molecular formula is C15H20N2O3. The van der Waals surface area contributed by atoms with E-state index in [1.165, 1.54) is 4.90 Å². The van der Waals surface area contributed by atoms with Gasteiger partial charge in [0.2, 0.25) is 0 Å². The van der Waals surface area contributed by atoms with E-state index in [9.17, 15) is 14.7 Å². The molecule has 5 nitrogen and oxygen atoms in total. The highest BCUT2D eigenvalue weighted by Gasteiger charge is 2.35. The molecule has 108 valence electrons. The number of benzene rings is 1. The van der Waals surface area contributed by atoms with Crippen LogP contribution in [-0.4, -0.2) is 33.6 Å². The maximum Gasteiger partial charge on any atom is 0.326 e. The number of rotatable bonds is 1. The highest BCUT2D eigenvalue weighted by atomic mass is 16.4. The van der Waals surface area contributed by atoms with Crippen LogP contribution in [0.3, 0.4) is 0 Å². The van der Waals surface area contributed by atoms with Gasteiger partial charge >= 0.3 is 12.0 Å². The summed E-state index contributed by atoms with van der Waals surface area (Å²) in [5, 5.41) is 12.2. The lowest BCUT2D eigenvalue weighted by atomic mass is 9.94. The monoisotopic (exact) mass is 276 g/mol. The smallest absolute Gasteiger partial charge is 0.326 e. The van der Waals surface area contributed by atoms with E-state index in [0.717, 1.165) is 11.1 Å². The van der Waals surface area contributed by atoms with Crippen molar-refractivity contribution in [3.05, 3.63) is 35.4 Å². The number of nitrogens with one attached hydrogen (secondary N) is 1. The van der Waals surface area contributed by atoms with Crippen LogP contribution in [0.2, 0.25) is 0 Å². The van der Waals surface area contributed by atoms with Crippen molar-refractivity contribution in [3.8, 4) is 0 Å². The van der Waals surface area contributed by atoms with Crippen molar-refractivity contribution >= 4 is 12.0 Å². The summed E-state index contributed by atoms with van der Waals surface area (Å²) in [5.74, 6) is -0.969. The van der Waals surface area contributed by atoms with E-state index in [-0.39, 0.29) is 6.03 Å². The number of carbonyl (C=O) groups is 2. The normalized spacial score (nSPS) is 18.4. The molecule has 1 heterocycles. The zero-order chi connectivity index (χ0) is 14.9. The van der Waals surface area contributed by atoms with Crippen LogP contribution in [0, 0.1) is 0 Å². The maximum atomic E-state index is 12.3. The molecule has 0 saturated heterocycles. The predicted molar refractivity (Wildman–Crippen MR) is 75.4 cm³/mol. The number of amides is 2. The van der Waals surface area contributed by atoms with Gasteiger partial charge in [0, 0.05) is 18.5 Å². The third-order valence-corrected chi connectivity index (χ3v) is 3.28. The lowest BCUT2D eigenvalue weighted by molar-refractivity contribution is -0.142. The van der Waals surface area contributed by atoms with Crippen LogP contribution in [0.4, 0.5) is 4.79 Å². The van der Waals surface area contributed by atoms with Crippen LogP contribution in [0.1, 0.15) is 31.9 Å². The Morgan fingerprint density at radius 3 is 2.40 bits per heavy atom. The average molecular weight is 276 g/mol. The van der Waals surface area contributed by atoms with Crippen LogP contribution in [0.15, 0.2) is 24.3 Å². The fourth-order valence-electron chi connectivity index (χ4n) is 2.35. The van der Waals surface area contributed by atoms with Gasteiger partial charge < -0.3 is 15.3 Å². The summed E-state index contributed by atoms with van der Waals surface area (Å²) in [7, 11) is 0. The lowest BCUT2D eigenvalue weighted by Gasteiger charge is -2.36. The van der Waals surface area contributed by atoms with Crippen molar-refractivity contribution in [1.82, 2.24) is 10.2 Å². The maximum absolute atomic E-state index is 12.3. The number of aliphatic carboxylic acids is 1. The summed E-state index contributed by atoms with van der Waals surface area (Å²) in [6, 6.07) is 6.50. The molecule has 1 unspecified atom stereocenters. The number of carboxylic acids is 1. The fourth-order valence-corrected chi connectivity index (χ4v) is 2.35. The van der Waals surface area contributed by atoms with Crippen molar-refractivity contribution in [1.29, 1.82) is 0 Å². The van der Waals surface area contributed by atoms with E-state index in [4.69, 9.17) is 0 Å². The Bertz CT molecular complexity index is 534. The fraction of sp³-hybridized carbons (Fsp3) is 0.467. The number of fused-ring (bicyclic) bond motifs is 1. The van der Waals surface area contributed by atoms with Gasteiger partial charge in [-0.2, -0.15) is 0 Å². The van der Waals surface area contributed by atoms with E-state index >= 15 is 0 Å². The van der Waals surface area contributed by atoms with Crippen molar-refractivity contribution in [3.63, 3.8) is 0 Å². The van der Waals surface area contributed by atoms with Gasteiger partial charge in [-0.15, -0.1) is 0 Å². The molecule has 1 aromatic rings. The van der Waals surface area contributed by atoms with E-state index in [0.29, 0.717) is 13.0 Å². The molecule has 2 N–H and O–H groups in total. The molecule has 0 bridgehead atoms. The number of hydrogen-bond acceptors (Lipinski definition) is 2. The van der Waals surface area contributed by atoms with Crippen LogP contribution in [-0.2, 0) is 17.8 Å². The van der Waals surface area contributed by atoms with Crippen molar-refractivity contribution in [2.24, 2.45) is 0 Å². The standard InChI is InChI=1S/C15H20N2O3/c1-15(2,3)16-14(20)17-9-11-7-5-4-6-10(11)8-12(17)13(18)19/h4-7,12H,8-9H2,1-3H3,(H,16,20)(H,18,19). The second-order valence-electron chi connectivity index (χ2n) is 6.13. The topological polar surface area (TPSA) is 69.6 Å². The number of nitrogens with zero attached hydrogens (tertiary/aromatic N) is 1. The molecule has 0 spiro atoms. The van der Waals surface area contributed by atoms with Gasteiger partial charge in [-0.1, -0.05) is 24.3 Å². The number of hydrogen-bond donors (Lipinski definition) is 2. The Morgan fingerprint density at radius 2 is 1.85 bits per heavy atom.